The molecule has 1 aliphatic rings. The predicted octanol–water partition coefficient (Wildman–Crippen LogP) is 0.267. The van der Waals surface area contributed by atoms with E-state index in [2.05, 4.69) is 5.32 Å². The standard InChI is InChI=1S/C10H20N2O2/c1-8(2-5-11)10(13)12-9-3-6-14-7-4-9/h8-9H,2-7,11H2,1H3,(H,12,13). The lowest BCUT2D eigenvalue weighted by molar-refractivity contribution is -0.125. The SMILES string of the molecule is CC(CCN)C(=O)NC1CCOCC1. The number of amides is 1. The van der Waals surface area contributed by atoms with Gasteiger partial charge >= 0.3 is 0 Å². The fourth-order valence-electron chi connectivity index (χ4n) is 1.57. The number of carbonyl (C=O) groups excluding carboxylic acids is 1. The van der Waals surface area contributed by atoms with Gasteiger partial charge in [0.05, 0.1) is 0 Å². The Morgan fingerprint density at radius 2 is 2.21 bits per heavy atom. The molecule has 0 aromatic heterocycles. The van der Waals surface area contributed by atoms with Crippen LogP contribution in [0.25, 0.3) is 0 Å². The summed E-state index contributed by atoms with van der Waals surface area (Å²) in [6, 6.07) is 0.302. The number of ether oxygens (including phenoxy) is 1. The van der Waals surface area contributed by atoms with Crippen molar-refractivity contribution in [3.63, 3.8) is 0 Å². The average Bonchev–Trinajstić information content (AvgIpc) is 2.19. The van der Waals surface area contributed by atoms with Gasteiger partial charge in [-0.05, 0) is 25.8 Å². The molecule has 1 amide bonds. The van der Waals surface area contributed by atoms with E-state index in [1.54, 1.807) is 0 Å². The largest absolute Gasteiger partial charge is 0.381 e. The number of rotatable bonds is 4. The van der Waals surface area contributed by atoms with Gasteiger partial charge in [0.25, 0.3) is 0 Å². The van der Waals surface area contributed by atoms with Crippen LogP contribution in [-0.4, -0.2) is 31.7 Å². The second kappa shape index (κ2) is 5.98. The minimum absolute atomic E-state index is 0.0304. The summed E-state index contributed by atoms with van der Waals surface area (Å²) < 4.78 is 5.22. The first-order valence-corrected chi connectivity index (χ1v) is 5.32. The zero-order valence-electron chi connectivity index (χ0n) is 8.79. The van der Waals surface area contributed by atoms with Gasteiger partial charge in [-0.1, -0.05) is 6.92 Å². The number of nitrogens with two attached hydrogens (primary N) is 1. The Labute approximate surface area is 85.2 Å². The quantitative estimate of drug-likeness (QED) is 0.684. The van der Waals surface area contributed by atoms with Gasteiger partial charge in [0, 0.05) is 25.2 Å². The third-order valence-electron chi connectivity index (χ3n) is 2.61. The highest BCUT2D eigenvalue weighted by atomic mass is 16.5. The van der Waals surface area contributed by atoms with Crippen LogP contribution < -0.4 is 11.1 Å². The Balaban J connectivity index is 2.24. The van der Waals surface area contributed by atoms with Crippen LogP contribution in [0.5, 0.6) is 0 Å². The van der Waals surface area contributed by atoms with Crippen LogP contribution in [0.1, 0.15) is 26.2 Å². The Kier molecular flexibility index (Phi) is 4.90. The third-order valence-corrected chi connectivity index (χ3v) is 2.61. The molecule has 0 bridgehead atoms. The molecule has 0 aliphatic carbocycles. The zero-order chi connectivity index (χ0) is 10.4. The van der Waals surface area contributed by atoms with Crippen LogP contribution in [-0.2, 0) is 9.53 Å². The Morgan fingerprint density at radius 3 is 2.79 bits per heavy atom. The lowest BCUT2D eigenvalue weighted by Crippen LogP contribution is -2.41. The Bertz CT molecular complexity index is 179. The van der Waals surface area contributed by atoms with Gasteiger partial charge in [0.1, 0.15) is 0 Å². The maximum absolute atomic E-state index is 11.6. The van der Waals surface area contributed by atoms with E-state index in [0.29, 0.717) is 12.6 Å². The van der Waals surface area contributed by atoms with Gasteiger partial charge in [-0.25, -0.2) is 0 Å². The summed E-state index contributed by atoms with van der Waals surface area (Å²) in [5.74, 6) is 0.158. The predicted molar refractivity (Wildman–Crippen MR) is 54.8 cm³/mol. The van der Waals surface area contributed by atoms with E-state index in [1.807, 2.05) is 6.92 Å². The molecule has 0 aromatic rings. The molecule has 4 heteroatoms. The van der Waals surface area contributed by atoms with Crippen molar-refractivity contribution in [1.29, 1.82) is 0 Å². The lowest BCUT2D eigenvalue weighted by Gasteiger charge is -2.24. The Morgan fingerprint density at radius 1 is 1.57 bits per heavy atom. The zero-order valence-corrected chi connectivity index (χ0v) is 8.79. The number of nitrogens with one attached hydrogen (secondary N) is 1. The van der Waals surface area contributed by atoms with E-state index in [1.165, 1.54) is 0 Å². The van der Waals surface area contributed by atoms with Gasteiger partial charge in [-0.15, -0.1) is 0 Å². The van der Waals surface area contributed by atoms with Gasteiger partial charge in [-0.2, -0.15) is 0 Å². The van der Waals surface area contributed by atoms with Crippen molar-refractivity contribution in [2.24, 2.45) is 11.7 Å². The highest BCUT2D eigenvalue weighted by Crippen LogP contribution is 2.08. The Hall–Kier alpha value is -0.610. The highest BCUT2D eigenvalue weighted by molar-refractivity contribution is 5.78. The minimum Gasteiger partial charge on any atom is -0.381 e. The molecule has 1 atom stereocenters. The third kappa shape index (κ3) is 3.64. The number of hydrogen-bond acceptors (Lipinski definition) is 3. The van der Waals surface area contributed by atoms with Gasteiger partial charge in [0.2, 0.25) is 5.91 Å². The van der Waals surface area contributed by atoms with Crippen molar-refractivity contribution in [1.82, 2.24) is 5.32 Å². The molecule has 3 N–H and O–H groups in total. The van der Waals surface area contributed by atoms with Crippen molar-refractivity contribution in [3.8, 4) is 0 Å². The first-order valence-electron chi connectivity index (χ1n) is 5.32. The van der Waals surface area contributed by atoms with Gasteiger partial charge in [0.15, 0.2) is 0 Å². The van der Waals surface area contributed by atoms with E-state index in [-0.39, 0.29) is 11.8 Å². The van der Waals surface area contributed by atoms with Crippen LogP contribution in [0.15, 0.2) is 0 Å². The first kappa shape index (κ1) is 11.5. The summed E-state index contributed by atoms with van der Waals surface area (Å²) in [4.78, 5) is 11.6. The maximum Gasteiger partial charge on any atom is 0.223 e. The van der Waals surface area contributed by atoms with Crippen LogP contribution in [0.4, 0.5) is 0 Å². The maximum atomic E-state index is 11.6. The molecular formula is C10H20N2O2. The summed E-state index contributed by atoms with van der Waals surface area (Å²) in [5.41, 5.74) is 5.40. The average molecular weight is 200 g/mol. The molecule has 1 fully saturated rings. The van der Waals surface area contributed by atoms with Crippen molar-refractivity contribution in [2.45, 2.75) is 32.2 Å². The van der Waals surface area contributed by atoms with E-state index in [9.17, 15) is 4.79 Å². The summed E-state index contributed by atoms with van der Waals surface area (Å²) in [6.07, 6.45) is 2.62. The van der Waals surface area contributed by atoms with Gasteiger partial charge < -0.3 is 15.8 Å². The summed E-state index contributed by atoms with van der Waals surface area (Å²) in [7, 11) is 0. The number of hydrogen-bond donors (Lipinski definition) is 2. The van der Waals surface area contributed by atoms with Crippen molar-refractivity contribution in [2.75, 3.05) is 19.8 Å². The van der Waals surface area contributed by atoms with Crippen molar-refractivity contribution < 1.29 is 9.53 Å². The van der Waals surface area contributed by atoms with Crippen LogP contribution >= 0.6 is 0 Å². The monoisotopic (exact) mass is 200 g/mol. The molecule has 82 valence electrons. The van der Waals surface area contributed by atoms with E-state index in [0.717, 1.165) is 32.5 Å². The molecule has 4 nitrogen and oxygen atoms in total. The molecular weight excluding hydrogens is 180 g/mol. The van der Waals surface area contributed by atoms with Crippen molar-refractivity contribution >= 4 is 5.91 Å². The first-order chi connectivity index (χ1) is 6.74. The van der Waals surface area contributed by atoms with Crippen LogP contribution in [0.3, 0.4) is 0 Å². The fraction of sp³-hybridized carbons (Fsp3) is 0.900. The highest BCUT2D eigenvalue weighted by Gasteiger charge is 2.18. The second-order valence-electron chi connectivity index (χ2n) is 3.87. The molecule has 1 heterocycles. The minimum atomic E-state index is 0.0304. The summed E-state index contributed by atoms with van der Waals surface area (Å²) in [6.45, 7) is 4.01. The second-order valence-corrected chi connectivity index (χ2v) is 3.87. The molecule has 1 rings (SSSR count). The molecule has 0 aromatic carbocycles. The topological polar surface area (TPSA) is 64.4 Å². The summed E-state index contributed by atoms with van der Waals surface area (Å²) in [5, 5.41) is 3.03. The van der Waals surface area contributed by atoms with E-state index < -0.39 is 0 Å². The fourth-order valence-corrected chi connectivity index (χ4v) is 1.57. The normalized spacial score (nSPS) is 20.4. The van der Waals surface area contributed by atoms with Gasteiger partial charge in [-0.3, -0.25) is 4.79 Å². The molecule has 0 spiro atoms. The molecule has 14 heavy (non-hydrogen) atoms. The van der Waals surface area contributed by atoms with Crippen LogP contribution in [0.2, 0.25) is 0 Å². The van der Waals surface area contributed by atoms with E-state index >= 15 is 0 Å². The molecule has 1 saturated heterocycles. The molecule has 1 unspecified atom stereocenters. The number of carbonyl (C=O) groups is 1. The molecule has 0 radical (unpaired) electrons. The lowest BCUT2D eigenvalue weighted by atomic mass is 10.0. The van der Waals surface area contributed by atoms with E-state index in [4.69, 9.17) is 10.5 Å². The smallest absolute Gasteiger partial charge is 0.223 e. The molecule has 0 saturated carbocycles. The summed E-state index contributed by atoms with van der Waals surface area (Å²) >= 11 is 0. The molecule has 1 aliphatic heterocycles. The van der Waals surface area contributed by atoms with Crippen LogP contribution in [0, 0.1) is 5.92 Å². The van der Waals surface area contributed by atoms with Crippen molar-refractivity contribution in [3.05, 3.63) is 0 Å².